The Morgan fingerprint density at radius 1 is 0.424 bits per heavy atom. The van der Waals surface area contributed by atoms with Gasteiger partial charge in [-0.3, -0.25) is 33.6 Å². The molecule has 0 aromatic heterocycles. The molecule has 6 N–H and O–H groups in total. The maximum Gasteiger partial charge on any atom is 0.312 e. The number of aliphatic hydroxyl groups excluding tert-OH is 2. The predicted molar refractivity (Wildman–Crippen MR) is 382 cm³/mol. The third-order valence-electron chi connectivity index (χ3n) is 18.2. The van der Waals surface area contributed by atoms with E-state index in [-0.39, 0.29) is 158 Å². The molecule has 6 bridgehead atoms. The lowest BCUT2D eigenvalue weighted by atomic mass is 9.50. The van der Waals surface area contributed by atoms with Crippen molar-refractivity contribution in [2.24, 2.45) is 56.7 Å². The van der Waals surface area contributed by atoms with E-state index in [1.807, 2.05) is 104 Å². The van der Waals surface area contributed by atoms with E-state index in [0.29, 0.717) is 31.8 Å². The van der Waals surface area contributed by atoms with Gasteiger partial charge >= 0.3 is 41.8 Å². The second-order valence-corrected chi connectivity index (χ2v) is 27.3. The normalized spacial score (nSPS) is 22.3. The fourth-order valence-corrected chi connectivity index (χ4v) is 11.0. The standard InChI is InChI=1S/C16H26O4.C11H22O3.C8H16O3.C8H12O2.C7H12O2.2C7H14O2.10CH4/c1-4-13(2,3)12(17)20-16-7-11-5-14(18,9-16)8-15(19,6-11)10-16;1-4-11(2,3)10(13)14-9-7-5-6-8-12;1-4-8(2,3)7(10)11-6-5-9;9-8(10)7-4-5-1-2-6(7)3-5;8-7(9)6-4-2-1-3-5-6;2*1-5-7(2,3)6(8)9-4;;;;;;;;;;/h11,18-19H,4-10H2,1-3H3;12H,4-9H2,1-3H3;9H,4-6H2,1-3H3;5-7H,1-4H2,(H,9,10);6H,1-5H2,(H,8,9);2*5H2,1-4H3;10*1H4. The van der Waals surface area contributed by atoms with Crippen molar-refractivity contribution in [1.29, 1.82) is 0 Å². The van der Waals surface area contributed by atoms with E-state index in [1.54, 1.807) is 0 Å². The minimum Gasteiger partial charge on any atom is -0.481 e. The molecule has 0 aliphatic heterocycles. The predicted octanol–water partition coefficient (Wildman–Crippen LogP) is 18.0. The number of fused-ring (bicyclic) bond motifs is 2. The lowest BCUT2D eigenvalue weighted by Gasteiger charge is -2.62. The zero-order valence-electron chi connectivity index (χ0n) is 54.1. The molecule has 0 spiro atoms. The van der Waals surface area contributed by atoms with Crippen LogP contribution in [0.25, 0.3) is 0 Å². The molecular weight excluding hydrogens is 1180 g/mol. The van der Waals surface area contributed by atoms with Crippen LogP contribution >= 0.6 is 0 Å². The summed E-state index contributed by atoms with van der Waals surface area (Å²) in [6, 6.07) is 0. The van der Waals surface area contributed by atoms with Crippen molar-refractivity contribution in [2.75, 3.05) is 40.6 Å². The molecule has 5 unspecified atom stereocenters. The lowest BCUT2D eigenvalue weighted by Crippen LogP contribution is -2.67. The van der Waals surface area contributed by atoms with Crippen LogP contribution < -0.4 is 0 Å². The van der Waals surface area contributed by atoms with Gasteiger partial charge in [0.25, 0.3) is 0 Å². The highest BCUT2D eigenvalue weighted by Crippen LogP contribution is 2.61. The third kappa shape index (κ3) is 38.6. The van der Waals surface area contributed by atoms with E-state index in [2.05, 4.69) is 9.47 Å². The molecule has 92 heavy (non-hydrogen) atoms. The molecule has 7 rings (SSSR count). The number of ether oxygens (including phenoxy) is 5. The highest BCUT2D eigenvalue weighted by Gasteiger charge is 2.65. The third-order valence-corrected chi connectivity index (χ3v) is 18.2. The van der Waals surface area contributed by atoms with E-state index in [4.69, 9.17) is 34.6 Å². The summed E-state index contributed by atoms with van der Waals surface area (Å²) < 4.78 is 24.9. The average Bonchev–Trinajstić information content (AvgIpc) is 0.858. The van der Waals surface area contributed by atoms with E-state index >= 15 is 0 Å². The summed E-state index contributed by atoms with van der Waals surface area (Å²) in [5, 5.41) is 55.5. The number of hydrogen-bond acceptors (Lipinski definition) is 16. The van der Waals surface area contributed by atoms with Crippen molar-refractivity contribution in [3.63, 3.8) is 0 Å². The summed E-state index contributed by atoms with van der Waals surface area (Å²) in [5.41, 5.74) is -4.24. The van der Waals surface area contributed by atoms with Crippen LogP contribution in [-0.4, -0.2) is 130 Å². The number of esters is 5. The Balaban J connectivity index is -0.0000000928. The molecular formula is C74H156O18. The first-order valence-corrected chi connectivity index (χ1v) is 30.7. The number of carbonyl (C=O) groups is 7. The van der Waals surface area contributed by atoms with Crippen molar-refractivity contribution in [1.82, 2.24) is 0 Å². The first-order valence-electron chi connectivity index (χ1n) is 30.7. The minimum atomic E-state index is -0.842. The molecule has 560 valence electrons. The number of carboxylic acids is 2. The minimum absolute atomic E-state index is 0. The van der Waals surface area contributed by atoms with E-state index in [9.17, 15) is 43.8 Å². The number of unbranched alkanes of at least 4 members (excludes halogenated alkanes) is 2. The number of aliphatic carboxylic acids is 2. The Bertz CT molecular complexity index is 1910. The van der Waals surface area contributed by atoms with Gasteiger partial charge in [0, 0.05) is 25.9 Å². The van der Waals surface area contributed by atoms with Gasteiger partial charge in [0.05, 0.1) is 77.5 Å². The van der Waals surface area contributed by atoms with Crippen LogP contribution in [0.5, 0.6) is 0 Å². The van der Waals surface area contributed by atoms with Crippen LogP contribution in [0.4, 0.5) is 0 Å². The van der Waals surface area contributed by atoms with E-state index < -0.39 is 39.6 Å². The molecule has 0 amide bonds. The average molecular weight is 1330 g/mol. The van der Waals surface area contributed by atoms with Crippen molar-refractivity contribution in [3.8, 4) is 0 Å². The van der Waals surface area contributed by atoms with Gasteiger partial charge in [0.2, 0.25) is 0 Å². The maximum absolute atomic E-state index is 12.4. The van der Waals surface area contributed by atoms with Gasteiger partial charge < -0.3 is 54.3 Å². The first kappa shape index (κ1) is 112. The topological polar surface area (TPSA) is 287 Å². The second-order valence-electron chi connectivity index (χ2n) is 27.3. The van der Waals surface area contributed by atoms with E-state index in [0.717, 1.165) is 109 Å². The summed E-state index contributed by atoms with van der Waals surface area (Å²) in [6.45, 7) is 29.2. The molecule has 0 heterocycles. The quantitative estimate of drug-likeness (QED) is 0.0375. The Kier molecular flexibility index (Phi) is 62.8. The largest absolute Gasteiger partial charge is 0.481 e. The van der Waals surface area contributed by atoms with E-state index in [1.165, 1.54) is 39.9 Å². The first-order chi connectivity index (χ1) is 37.8. The highest BCUT2D eigenvalue weighted by molar-refractivity contribution is 5.77. The summed E-state index contributed by atoms with van der Waals surface area (Å²) >= 11 is 0. The molecule has 18 heteroatoms. The van der Waals surface area contributed by atoms with Crippen LogP contribution in [0.2, 0.25) is 0 Å². The highest BCUT2D eigenvalue weighted by atomic mass is 16.6. The van der Waals surface area contributed by atoms with Gasteiger partial charge in [-0.05, 0) is 190 Å². The van der Waals surface area contributed by atoms with Crippen molar-refractivity contribution in [3.05, 3.63) is 0 Å². The Labute approximate surface area is 567 Å². The van der Waals surface area contributed by atoms with Crippen LogP contribution in [0, 0.1) is 56.7 Å². The molecule has 7 aliphatic rings. The van der Waals surface area contributed by atoms with Gasteiger partial charge in [-0.25, -0.2) is 0 Å². The van der Waals surface area contributed by atoms with Gasteiger partial charge in [-0.2, -0.15) is 0 Å². The Morgan fingerprint density at radius 2 is 0.804 bits per heavy atom. The zero-order valence-corrected chi connectivity index (χ0v) is 54.1. The zero-order chi connectivity index (χ0) is 63.6. The Hall–Kier alpha value is -3.87. The summed E-state index contributed by atoms with van der Waals surface area (Å²) in [7, 11) is 2.83. The van der Waals surface area contributed by atoms with Gasteiger partial charge in [0.15, 0.2) is 0 Å². The fraction of sp³-hybridized carbons (Fsp3) is 0.905. The number of carboxylic acid groups (broad SMARTS) is 2. The number of aliphatic hydroxyl groups is 4. The second kappa shape index (κ2) is 51.4. The molecule has 7 saturated carbocycles. The van der Waals surface area contributed by atoms with Crippen LogP contribution in [0.1, 0.15) is 326 Å². The molecule has 0 radical (unpaired) electrons. The monoisotopic (exact) mass is 1330 g/mol. The number of rotatable bonds is 20. The van der Waals surface area contributed by atoms with Crippen LogP contribution in [0.15, 0.2) is 0 Å². The van der Waals surface area contributed by atoms with Gasteiger partial charge in [-0.1, -0.05) is 135 Å². The molecule has 0 aromatic carbocycles. The summed E-state index contributed by atoms with van der Waals surface area (Å²) in [4.78, 5) is 77.6. The molecule has 7 aliphatic carbocycles. The fourth-order valence-electron chi connectivity index (χ4n) is 11.0. The maximum atomic E-state index is 12.4. The smallest absolute Gasteiger partial charge is 0.312 e. The van der Waals surface area contributed by atoms with Crippen molar-refractivity contribution >= 4 is 41.8 Å². The number of carbonyl (C=O) groups excluding carboxylic acids is 5. The summed E-state index contributed by atoms with van der Waals surface area (Å²) in [5.74, 6) is -0.450. The Morgan fingerprint density at radius 3 is 1.08 bits per heavy atom. The van der Waals surface area contributed by atoms with Crippen molar-refractivity contribution < 1.29 is 87.9 Å². The van der Waals surface area contributed by atoms with Crippen LogP contribution in [0.3, 0.4) is 0 Å². The van der Waals surface area contributed by atoms with Crippen molar-refractivity contribution in [2.45, 2.75) is 343 Å². The van der Waals surface area contributed by atoms with Gasteiger partial charge in [0.1, 0.15) is 12.2 Å². The van der Waals surface area contributed by atoms with Gasteiger partial charge in [-0.15, -0.1) is 0 Å². The lowest BCUT2D eigenvalue weighted by molar-refractivity contribution is -0.264. The summed E-state index contributed by atoms with van der Waals surface area (Å²) in [6.07, 6.45) is 20.0. The molecule has 7 fully saturated rings. The number of hydrogen-bond donors (Lipinski definition) is 6. The molecule has 0 aromatic rings. The molecule has 18 nitrogen and oxygen atoms in total. The number of methoxy groups -OCH3 is 2. The van der Waals surface area contributed by atoms with Crippen LogP contribution in [-0.2, 0) is 57.2 Å². The molecule has 0 saturated heterocycles. The SMILES string of the molecule is C.C.C.C.C.C.C.C.C.C.CCC(C)(C)C(=O)OC.CCC(C)(C)C(=O)OC.CCC(C)(C)C(=O)OC12CC3CC(O)(CC(O)(C3)C1)C2.CCC(C)(C)C(=O)OCCCCCO.CCC(C)(C)C(=O)OCCO.O=C(O)C1CC2CCC1C2.O=C(O)C1CCCCC1. The molecule has 5 atom stereocenters.